The molecule has 2 amide bonds. The van der Waals surface area contributed by atoms with Crippen LogP contribution < -0.4 is 10.6 Å². The van der Waals surface area contributed by atoms with Crippen LogP contribution in [0.3, 0.4) is 0 Å². The molecule has 2 heterocycles. The van der Waals surface area contributed by atoms with E-state index in [9.17, 15) is 9.59 Å². The average Bonchev–Trinajstić information content (AvgIpc) is 2.31. The second-order valence-corrected chi connectivity index (χ2v) is 4.51. The SMILES string of the molecule is CCCN1C(=O)CNC(=O)C12CCNCC2. The average molecular weight is 225 g/mol. The monoisotopic (exact) mass is 225 g/mol. The molecule has 2 aliphatic rings. The number of nitrogens with zero attached hydrogens (tertiary/aromatic N) is 1. The van der Waals surface area contributed by atoms with Gasteiger partial charge in [-0.1, -0.05) is 6.92 Å². The maximum absolute atomic E-state index is 12.1. The Bertz CT molecular complexity index is 298. The van der Waals surface area contributed by atoms with Gasteiger partial charge in [-0.3, -0.25) is 9.59 Å². The van der Waals surface area contributed by atoms with Gasteiger partial charge in [-0.2, -0.15) is 0 Å². The number of hydrogen-bond donors (Lipinski definition) is 2. The van der Waals surface area contributed by atoms with E-state index in [1.54, 1.807) is 4.90 Å². The van der Waals surface area contributed by atoms with Crippen LogP contribution in [0.4, 0.5) is 0 Å². The van der Waals surface area contributed by atoms with Crippen molar-refractivity contribution in [2.24, 2.45) is 0 Å². The first-order chi connectivity index (χ1) is 7.70. The summed E-state index contributed by atoms with van der Waals surface area (Å²) in [5.41, 5.74) is -0.573. The quantitative estimate of drug-likeness (QED) is 0.664. The summed E-state index contributed by atoms with van der Waals surface area (Å²) in [6, 6.07) is 0. The fourth-order valence-corrected chi connectivity index (χ4v) is 2.68. The molecular formula is C11H19N3O2. The molecular weight excluding hydrogens is 206 g/mol. The number of carbonyl (C=O) groups is 2. The highest BCUT2D eigenvalue weighted by Crippen LogP contribution is 2.29. The van der Waals surface area contributed by atoms with Crippen LogP contribution in [0.5, 0.6) is 0 Å². The van der Waals surface area contributed by atoms with Gasteiger partial charge in [-0.25, -0.2) is 0 Å². The van der Waals surface area contributed by atoms with Gasteiger partial charge in [0, 0.05) is 6.54 Å². The first-order valence-electron chi connectivity index (χ1n) is 6.00. The van der Waals surface area contributed by atoms with Crippen LogP contribution in [0, 0.1) is 0 Å². The van der Waals surface area contributed by atoms with E-state index in [1.165, 1.54) is 0 Å². The minimum Gasteiger partial charge on any atom is -0.345 e. The zero-order valence-corrected chi connectivity index (χ0v) is 9.71. The highest BCUT2D eigenvalue weighted by Gasteiger charge is 2.49. The van der Waals surface area contributed by atoms with Crippen LogP contribution in [-0.4, -0.2) is 48.4 Å². The van der Waals surface area contributed by atoms with Gasteiger partial charge in [-0.05, 0) is 32.4 Å². The lowest BCUT2D eigenvalue weighted by atomic mass is 9.83. The third-order valence-corrected chi connectivity index (χ3v) is 3.52. The van der Waals surface area contributed by atoms with Crippen LogP contribution >= 0.6 is 0 Å². The topological polar surface area (TPSA) is 61.4 Å². The van der Waals surface area contributed by atoms with Crippen LogP contribution in [0.1, 0.15) is 26.2 Å². The number of nitrogens with one attached hydrogen (secondary N) is 2. The van der Waals surface area contributed by atoms with E-state index in [4.69, 9.17) is 0 Å². The molecule has 0 aromatic carbocycles. The largest absolute Gasteiger partial charge is 0.345 e. The smallest absolute Gasteiger partial charge is 0.246 e. The number of rotatable bonds is 2. The van der Waals surface area contributed by atoms with Crippen LogP contribution in [0.15, 0.2) is 0 Å². The van der Waals surface area contributed by atoms with E-state index in [0.717, 1.165) is 32.4 Å². The van der Waals surface area contributed by atoms with E-state index in [-0.39, 0.29) is 18.4 Å². The number of piperazine rings is 1. The third-order valence-electron chi connectivity index (χ3n) is 3.52. The Morgan fingerprint density at radius 3 is 2.62 bits per heavy atom. The van der Waals surface area contributed by atoms with Gasteiger partial charge in [-0.15, -0.1) is 0 Å². The Morgan fingerprint density at radius 2 is 2.00 bits per heavy atom. The number of hydrogen-bond acceptors (Lipinski definition) is 3. The molecule has 5 nitrogen and oxygen atoms in total. The fourth-order valence-electron chi connectivity index (χ4n) is 2.68. The minimum absolute atomic E-state index is 0.0297. The summed E-state index contributed by atoms with van der Waals surface area (Å²) in [6.45, 7) is 4.50. The van der Waals surface area contributed by atoms with Gasteiger partial charge >= 0.3 is 0 Å². The van der Waals surface area contributed by atoms with Gasteiger partial charge in [0.2, 0.25) is 11.8 Å². The lowest BCUT2D eigenvalue weighted by Gasteiger charge is -2.47. The molecule has 2 aliphatic heterocycles. The standard InChI is InChI=1S/C11H19N3O2/c1-2-7-14-9(15)8-13-10(16)11(14)3-5-12-6-4-11/h12H,2-8H2,1H3,(H,13,16). The lowest BCUT2D eigenvalue weighted by molar-refractivity contribution is -0.155. The van der Waals surface area contributed by atoms with Crippen LogP contribution in [-0.2, 0) is 9.59 Å². The van der Waals surface area contributed by atoms with Gasteiger partial charge in [0.25, 0.3) is 0 Å². The van der Waals surface area contributed by atoms with E-state index in [1.807, 2.05) is 6.92 Å². The fraction of sp³-hybridized carbons (Fsp3) is 0.818. The molecule has 16 heavy (non-hydrogen) atoms. The van der Waals surface area contributed by atoms with Crippen molar-refractivity contribution in [2.75, 3.05) is 26.2 Å². The molecule has 0 unspecified atom stereocenters. The molecule has 0 bridgehead atoms. The molecule has 90 valence electrons. The van der Waals surface area contributed by atoms with Crippen molar-refractivity contribution >= 4 is 11.8 Å². The maximum Gasteiger partial charge on any atom is 0.246 e. The van der Waals surface area contributed by atoms with Crippen molar-refractivity contribution in [1.82, 2.24) is 15.5 Å². The molecule has 0 aliphatic carbocycles. The summed E-state index contributed by atoms with van der Waals surface area (Å²) in [6.07, 6.45) is 2.35. The summed E-state index contributed by atoms with van der Waals surface area (Å²) in [4.78, 5) is 25.8. The first kappa shape index (κ1) is 11.4. The summed E-state index contributed by atoms with van der Waals surface area (Å²) >= 11 is 0. The highest BCUT2D eigenvalue weighted by atomic mass is 16.2. The second kappa shape index (κ2) is 4.41. The van der Waals surface area contributed by atoms with Crippen molar-refractivity contribution in [1.29, 1.82) is 0 Å². The van der Waals surface area contributed by atoms with E-state index >= 15 is 0 Å². The van der Waals surface area contributed by atoms with Crippen molar-refractivity contribution in [3.63, 3.8) is 0 Å². The molecule has 0 atom stereocenters. The molecule has 1 spiro atoms. The number of piperidine rings is 1. The van der Waals surface area contributed by atoms with Gasteiger partial charge < -0.3 is 15.5 Å². The summed E-state index contributed by atoms with van der Waals surface area (Å²) in [5, 5.41) is 5.96. The first-order valence-corrected chi connectivity index (χ1v) is 6.00. The molecule has 2 fully saturated rings. The molecule has 0 aromatic heterocycles. The normalized spacial score (nSPS) is 24.7. The van der Waals surface area contributed by atoms with E-state index in [2.05, 4.69) is 10.6 Å². The number of amides is 2. The Kier molecular flexibility index (Phi) is 3.14. The Labute approximate surface area is 95.6 Å². The predicted octanol–water partition coefficient (Wildman–Crippen LogP) is -0.523. The van der Waals surface area contributed by atoms with Gasteiger partial charge in [0.1, 0.15) is 5.54 Å². The van der Waals surface area contributed by atoms with Crippen molar-refractivity contribution < 1.29 is 9.59 Å². The zero-order chi connectivity index (χ0) is 11.6. The molecule has 2 rings (SSSR count). The van der Waals surface area contributed by atoms with E-state index in [0.29, 0.717) is 6.54 Å². The van der Waals surface area contributed by atoms with Crippen molar-refractivity contribution in [2.45, 2.75) is 31.7 Å². The highest BCUT2D eigenvalue weighted by molar-refractivity contribution is 5.98. The van der Waals surface area contributed by atoms with Crippen LogP contribution in [0.2, 0.25) is 0 Å². The minimum atomic E-state index is -0.573. The molecule has 0 saturated carbocycles. The molecule has 0 radical (unpaired) electrons. The molecule has 2 saturated heterocycles. The van der Waals surface area contributed by atoms with Crippen molar-refractivity contribution in [3.8, 4) is 0 Å². The summed E-state index contributed by atoms with van der Waals surface area (Å²) in [5.74, 6) is 0.0883. The summed E-state index contributed by atoms with van der Waals surface area (Å²) < 4.78 is 0. The Balaban J connectivity index is 2.26. The predicted molar refractivity (Wildman–Crippen MR) is 59.8 cm³/mol. The summed E-state index contributed by atoms with van der Waals surface area (Å²) in [7, 11) is 0. The molecule has 2 N–H and O–H groups in total. The van der Waals surface area contributed by atoms with Gasteiger partial charge in [0.15, 0.2) is 0 Å². The maximum atomic E-state index is 12.1. The van der Waals surface area contributed by atoms with E-state index < -0.39 is 5.54 Å². The van der Waals surface area contributed by atoms with Crippen LogP contribution in [0.25, 0.3) is 0 Å². The molecule has 0 aromatic rings. The number of carbonyl (C=O) groups excluding carboxylic acids is 2. The Morgan fingerprint density at radius 1 is 1.31 bits per heavy atom. The van der Waals surface area contributed by atoms with Gasteiger partial charge in [0.05, 0.1) is 6.54 Å². The second-order valence-electron chi connectivity index (χ2n) is 4.51. The lowest BCUT2D eigenvalue weighted by Crippen LogP contribution is -2.69. The Hall–Kier alpha value is -1.10. The third kappa shape index (κ3) is 1.69. The molecule has 5 heteroatoms. The van der Waals surface area contributed by atoms with Crippen molar-refractivity contribution in [3.05, 3.63) is 0 Å². The zero-order valence-electron chi connectivity index (χ0n) is 9.71.